The average molecular weight is 345 g/mol. The molecule has 1 aromatic heterocycles. The molecule has 0 N–H and O–H groups in total. The van der Waals surface area contributed by atoms with E-state index in [4.69, 9.17) is 0 Å². The van der Waals surface area contributed by atoms with Crippen molar-refractivity contribution in [3.8, 4) is 11.1 Å². The van der Waals surface area contributed by atoms with E-state index >= 15 is 0 Å². The first-order chi connectivity index (χ1) is 12.1. The van der Waals surface area contributed by atoms with Crippen LogP contribution >= 0.6 is 11.3 Å². The molecule has 4 rings (SSSR count). The Morgan fingerprint density at radius 1 is 1.00 bits per heavy atom. The molecule has 1 nitrogen and oxygen atoms in total. The molecule has 0 aliphatic heterocycles. The summed E-state index contributed by atoms with van der Waals surface area (Å²) in [6, 6.07) is 22.6. The van der Waals surface area contributed by atoms with Crippen molar-refractivity contribution in [2.45, 2.75) is 6.92 Å². The van der Waals surface area contributed by atoms with Crippen molar-refractivity contribution in [1.29, 1.82) is 0 Å². The normalized spacial score (nSPS) is 11.0. The molecule has 0 bridgehead atoms. The Balaban J connectivity index is 1.94. The van der Waals surface area contributed by atoms with E-state index in [1.807, 2.05) is 49.4 Å². The van der Waals surface area contributed by atoms with Crippen LogP contribution in [0, 0.1) is 18.8 Å². The summed E-state index contributed by atoms with van der Waals surface area (Å²) >= 11 is 1.46. The zero-order valence-electron chi connectivity index (χ0n) is 13.5. The van der Waals surface area contributed by atoms with Gasteiger partial charge in [-0.3, -0.25) is 4.79 Å². The van der Waals surface area contributed by atoms with Crippen LogP contribution in [0.3, 0.4) is 0 Å². The van der Waals surface area contributed by atoms with Gasteiger partial charge in [0.2, 0.25) is 5.78 Å². The maximum Gasteiger partial charge on any atom is 0.203 e. The molecule has 0 saturated carbocycles. The zero-order chi connectivity index (χ0) is 17.4. The first kappa shape index (κ1) is 15.7. The first-order valence-corrected chi connectivity index (χ1v) is 8.75. The number of hydrogen-bond acceptors (Lipinski definition) is 2. The number of carbonyl (C=O) groups is 1. The lowest BCUT2D eigenvalue weighted by atomic mass is 9.98. The second-order valence-electron chi connectivity index (χ2n) is 5.93. The van der Waals surface area contributed by atoms with Crippen molar-refractivity contribution in [2.75, 3.05) is 0 Å². The van der Waals surface area contributed by atoms with Crippen molar-refractivity contribution < 1.29 is 9.18 Å². The fraction of sp³-hybridized carbons (Fsp3) is 0.0455. The van der Waals surface area contributed by atoms with Crippen molar-refractivity contribution >= 4 is 27.2 Å². The highest BCUT2D eigenvalue weighted by molar-refractivity contribution is 7.21. The van der Waals surface area contributed by atoms with Crippen LogP contribution < -0.4 is 0 Å². The number of benzene rings is 3. The van der Waals surface area contributed by atoms with Crippen LogP contribution in [0.5, 0.6) is 0 Å². The summed E-state index contributed by atoms with van der Waals surface area (Å²) < 4.78 is 14.3. The summed E-state index contributed by atoms with van der Waals surface area (Å²) in [5, 5.41) is 0.991. The zero-order valence-corrected chi connectivity index (χ0v) is 14.4. The topological polar surface area (TPSA) is 17.1 Å². The molecule has 0 spiro atoms. The lowest BCUT2D eigenvalue weighted by molar-refractivity contribution is 0.104. The van der Waals surface area contributed by atoms with Crippen LogP contribution in [0.15, 0.2) is 66.7 Å². The van der Waals surface area contributed by atoms with Gasteiger partial charge in [-0.1, -0.05) is 54.1 Å². The van der Waals surface area contributed by atoms with Crippen molar-refractivity contribution in [1.82, 2.24) is 0 Å². The molecule has 1 radical (unpaired) electrons. The van der Waals surface area contributed by atoms with Crippen molar-refractivity contribution in [3.63, 3.8) is 0 Å². The first-order valence-electron chi connectivity index (χ1n) is 7.93. The highest BCUT2D eigenvalue weighted by atomic mass is 32.1. The number of thiophene rings is 1. The quantitative estimate of drug-likeness (QED) is 0.413. The molecule has 0 amide bonds. The van der Waals surface area contributed by atoms with Crippen LogP contribution in [0.2, 0.25) is 0 Å². The number of rotatable bonds is 3. The summed E-state index contributed by atoms with van der Waals surface area (Å²) in [6.45, 7) is 1.99. The molecule has 0 unspecified atom stereocenters. The van der Waals surface area contributed by atoms with Gasteiger partial charge >= 0.3 is 0 Å². The molecule has 3 heteroatoms. The van der Waals surface area contributed by atoms with Crippen LogP contribution in [0.4, 0.5) is 4.39 Å². The molecular weight excluding hydrogens is 331 g/mol. The van der Waals surface area contributed by atoms with Crippen LogP contribution in [-0.2, 0) is 0 Å². The molecule has 1 heterocycles. The summed E-state index contributed by atoms with van der Waals surface area (Å²) in [5.41, 5.74) is 3.47. The van der Waals surface area contributed by atoms with E-state index in [-0.39, 0.29) is 11.6 Å². The number of hydrogen-bond donors (Lipinski definition) is 0. The molecule has 0 saturated heterocycles. The third kappa shape index (κ3) is 2.87. The molecule has 0 atom stereocenters. The summed E-state index contributed by atoms with van der Waals surface area (Å²) in [4.78, 5) is 13.8. The summed E-state index contributed by atoms with van der Waals surface area (Å²) in [5.74, 6) is -0.302. The molecule has 3 aromatic carbocycles. The van der Waals surface area contributed by atoms with Gasteiger partial charge in [0.1, 0.15) is 5.82 Å². The molecular formula is C22H14FOS. The molecule has 121 valence electrons. The van der Waals surface area contributed by atoms with Crippen molar-refractivity contribution in [2.24, 2.45) is 0 Å². The minimum Gasteiger partial charge on any atom is -0.288 e. The monoisotopic (exact) mass is 345 g/mol. The second-order valence-corrected chi connectivity index (χ2v) is 6.98. The third-order valence-corrected chi connectivity index (χ3v) is 5.34. The van der Waals surface area contributed by atoms with Gasteiger partial charge < -0.3 is 0 Å². The molecule has 0 aliphatic rings. The molecule has 4 aromatic rings. The Kier molecular flexibility index (Phi) is 3.94. The van der Waals surface area contributed by atoms with E-state index in [1.54, 1.807) is 12.1 Å². The Bertz CT molecular complexity index is 1060. The average Bonchev–Trinajstić information content (AvgIpc) is 3.02. The lowest BCUT2D eigenvalue weighted by Gasteiger charge is -2.06. The smallest absolute Gasteiger partial charge is 0.203 e. The summed E-state index contributed by atoms with van der Waals surface area (Å²) in [6.07, 6.45) is 0. The van der Waals surface area contributed by atoms with Gasteiger partial charge in [-0.2, -0.15) is 0 Å². The number of ketones is 1. The molecule has 25 heavy (non-hydrogen) atoms. The fourth-order valence-corrected chi connectivity index (χ4v) is 4.06. The van der Waals surface area contributed by atoms with Gasteiger partial charge in [-0.05, 0) is 36.8 Å². The Morgan fingerprint density at radius 3 is 2.44 bits per heavy atom. The minimum atomic E-state index is -0.289. The molecule has 0 aliphatic carbocycles. The van der Waals surface area contributed by atoms with Crippen LogP contribution in [-0.4, -0.2) is 5.78 Å². The Labute approximate surface area is 149 Å². The predicted molar refractivity (Wildman–Crippen MR) is 101 cm³/mol. The molecule has 0 fully saturated rings. The van der Waals surface area contributed by atoms with Gasteiger partial charge in [0.15, 0.2) is 0 Å². The standard InChI is InChI=1S/C22H14FOS/c1-14-6-8-16(9-7-14)21(24)22-20(15-10-12-17(23)13-11-15)18-4-2-3-5-19(18)25-22/h2,4-13H,1H3. The third-order valence-electron chi connectivity index (χ3n) is 4.19. The maximum atomic E-state index is 13.3. The van der Waals surface area contributed by atoms with Gasteiger partial charge in [0.05, 0.1) is 4.88 Å². The van der Waals surface area contributed by atoms with Crippen LogP contribution in [0.25, 0.3) is 21.2 Å². The van der Waals surface area contributed by atoms with E-state index in [1.165, 1.54) is 23.5 Å². The highest BCUT2D eigenvalue weighted by Crippen LogP contribution is 2.39. The Morgan fingerprint density at radius 2 is 1.72 bits per heavy atom. The van der Waals surface area contributed by atoms with Gasteiger partial charge in [0.25, 0.3) is 0 Å². The fourth-order valence-electron chi connectivity index (χ4n) is 2.89. The SMILES string of the molecule is Cc1ccc(C(=O)c2sc3c[c]ccc3c2-c2ccc(F)cc2)cc1. The largest absolute Gasteiger partial charge is 0.288 e. The predicted octanol–water partition coefficient (Wildman–Crippen LogP) is 6.05. The van der Waals surface area contributed by atoms with E-state index in [0.29, 0.717) is 10.4 Å². The minimum absolute atomic E-state index is 0.0134. The van der Waals surface area contributed by atoms with Gasteiger partial charge in [-0.25, -0.2) is 4.39 Å². The Hall–Kier alpha value is -2.78. The second kappa shape index (κ2) is 6.26. The number of aryl methyl sites for hydroxylation is 1. The van der Waals surface area contributed by atoms with Gasteiger partial charge in [0, 0.05) is 21.2 Å². The number of halogens is 1. The van der Waals surface area contributed by atoms with E-state index in [0.717, 1.165) is 26.8 Å². The highest BCUT2D eigenvalue weighted by Gasteiger charge is 2.20. The van der Waals surface area contributed by atoms with Gasteiger partial charge in [-0.15, -0.1) is 11.3 Å². The summed E-state index contributed by atoms with van der Waals surface area (Å²) in [7, 11) is 0. The van der Waals surface area contributed by atoms with E-state index < -0.39 is 0 Å². The lowest BCUT2D eigenvalue weighted by Crippen LogP contribution is -2.00. The van der Waals surface area contributed by atoms with E-state index in [9.17, 15) is 9.18 Å². The van der Waals surface area contributed by atoms with Crippen molar-refractivity contribution in [3.05, 3.63) is 94.6 Å². The van der Waals surface area contributed by atoms with Crippen LogP contribution in [0.1, 0.15) is 20.8 Å². The van der Waals surface area contributed by atoms with E-state index in [2.05, 4.69) is 6.07 Å². The number of fused-ring (bicyclic) bond motifs is 1. The maximum absolute atomic E-state index is 13.3. The number of carbonyl (C=O) groups excluding carboxylic acids is 1.